The van der Waals surface area contributed by atoms with Crippen molar-refractivity contribution in [1.82, 2.24) is 10.2 Å². The van der Waals surface area contributed by atoms with E-state index in [4.69, 9.17) is 16.0 Å². The third-order valence-corrected chi connectivity index (χ3v) is 2.37. The minimum atomic E-state index is 0.287. The van der Waals surface area contributed by atoms with Crippen LogP contribution >= 0.6 is 11.6 Å². The molecule has 0 saturated heterocycles. The van der Waals surface area contributed by atoms with Crippen molar-refractivity contribution >= 4 is 17.6 Å². The summed E-state index contributed by atoms with van der Waals surface area (Å²) in [4.78, 5) is 2.13. The minimum Gasteiger partial charge on any atom is -0.407 e. The SMILES string of the molecule is CCN(c1nnc(CCl)o1)C1CC1. The van der Waals surface area contributed by atoms with E-state index in [1.54, 1.807) is 0 Å². The Morgan fingerprint density at radius 1 is 1.54 bits per heavy atom. The molecule has 1 fully saturated rings. The first kappa shape index (κ1) is 8.81. The lowest BCUT2D eigenvalue weighted by molar-refractivity contribution is 0.499. The van der Waals surface area contributed by atoms with E-state index in [-0.39, 0.29) is 5.88 Å². The highest BCUT2D eigenvalue weighted by atomic mass is 35.5. The number of hydrogen-bond acceptors (Lipinski definition) is 4. The standard InChI is InChI=1S/C8H12ClN3O/c1-2-12(6-3-4-6)8-11-10-7(5-9)13-8/h6H,2-5H2,1H3. The first-order chi connectivity index (χ1) is 6.35. The van der Waals surface area contributed by atoms with E-state index in [0.29, 0.717) is 17.9 Å². The van der Waals surface area contributed by atoms with Crippen LogP contribution in [-0.4, -0.2) is 22.8 Å². The fourth-order valence-electron chi connectivity index (χ4n) is 1.35. The van der Waals surface area contributed by atoms with E-state index >= 15 is 0 Å². The molecule has 4 nitrogen and oxygen atoms in total. The molecule has 0 atom stereocenters. The van der Waals surface area contributed by atoms with Gasteiger partial charge in [-0.15, -0.1) is 16.7 Å². The first-order valence-corrected chi connectivity index (χ1v) is 5.03. The Hall–Kier alpha value is -0.770. The molecule has 0 amide bonds. The highest BCUT2D eigenvalue weighted by molar-refractivity contribution is 6.16. The van der Waals surface area contributed by atoms with Gasteiger partial charge in [0.1, 0.15) is 5.88 Å². The molecule has 1 aliphatic carbocycles. The molecule has 0 N–H and O–H groups in total. The van der Waals surface area contributed by atoms with Crippen molar-refractivity contribution in [2.45, 2.75) is 31.7 Å². The third-order valence-electron chi connectivity index (χ3n) is 2.14. The number of anilines is 1. The number of hydrogen-bond donors (Lipinski definition) is 0. The van der Waals surface area contributed by atoms with Crippen LogP contribution in [0.1, 0.15) is 25.7 Å². The van der Waals surface area contributed by atoms with Crippen LogP contribution in [0.25, 0.3) is 0 Å². The van der Waals surface area contributed by atoms with E-state index in [2.05, 4.69) is 22.0 Å². The van der Waals surface area contributed by atoms with Crippen molar-refractivity contribution in [2.24, 2.45) is 0 Å². The summed E-state index contributed by atoms with van der Waals surface area (Å²) in [6, 6.07) is 1.22. The number of rotatable bonds is 4. The molecule has 1 saturated carbocycles. The molecule has 0 spiro atoms. The van der Waals surface area contributed by atoms with Gasteiger partial charge < -0.3 is 9.32 Å². The molecule has 0 aromatic carbocycles. The summed E-state index contributed by atoms with van der Waals surface area (Å²) in [5.41, 5.74) is 0. The zero-order valence-corrected chi connectivity index (χ0v) is 8.29. The molecule has 13 heavy (non-hydrogen) atoms. The molecule has 2 rings (SSSR count). The molecular weight excluding hydrogens is 190 g/mol. The Kier molecular flexibility index (Phi) is 2.40. The van der Waals surface area contributed by atoms with Gasteiger partial charge in [-0.05, 0) is 19.8 Å². The van der Waals surface area contributed by atoms with Crippen molar-refractivity contribution in [1.29, 1.82) is 0 Å². The van der Waals surface area contributed by atoms with Gasteiger partial charge in [0.2, 0.25) is 5.89 Å². The second-order valence-electron chi connectivity index (χ2n) is 3.13. The second kappa shape index (κ2) is 3.54. The maximum Gasteiger partial charge on any atom is 0.318 e. The van der Waals surface area contributed by atoms with Crippen LogP contribution in [0.2, 0.25) is 0 Å². The highest BCUT2D eigenvalue weighted by Gasteiger charge is 2.31. The normalized spacial score (nSPS) is 16.2. The van der Waals surface area contributed by atoms with Gasteiger partial charge >= 0.3 is 6.01 Å². The predicted molar refractivity (Wildman–Crippen MR) is 49.9 cm³/mol. The number of nitrogens with zero attached hydrogens (tertiary/aromatic N) is 3. The molecule has 1 heterocycles. The lowest BCUT2D eigenvalue weighted by Crippen LogP contribution is -2.25. The summed E-state index contributed by atoms with van der Waals surface area (Å²) in [5, 5.41) is 7.77. The van der Waals surface area contributed by atoms with Crippen molar-refractivity contribution < 1.29 is 4.42 Å². The topological polar surface area (TPSA) is 42.2 Å². The second-order valence-corrected chi connectivity index (χ2v) is 3.40. The van der Waals surface area contributed by atoms with Crippen LogP contribution in [0.3, 0.4) is 0 Å². The van der Waals surface area contributed by atoms with E-state index in [0.717, 1.165) is 6.54 Å². The summed E-state index contributed by atoms with van der Waals surface area (Å²) < 4.78 is 5.36. The van der Waals surface area contributed by atoms with Crippen molar-refractivity contribution in [2.75, 3.05) is 11.4 Å². The van der Waals surface area contributed by atoms with Gasteiger partial charge in [-0.3, -0.25) is 0 Å². The highest BCUT2D eigenvalue weighted by Crippen LogP contribution is 2.30. The zero-order valence-electron chi connectivity index (χ0n) is 7.53. The Morgan fingerprint density at radius 3 is 2.77 bits per heavy atom. The number of halogens is 1. The summed E-state index contributed by atoms with van der Waals surface area (Å²) in [5.74, 6) is 0.783. The van der Waals surface area contributed by atoms with Gasteiger partial charge in [0.25, 0.3) is 0 Å². The lowest BCUT2D eigenvalue weighted by Gasteiger charge is -2.16. The summed E-state index contributed by atoms with van der Waals surface area (Å²) in [6.07, 6.45) is 2.46. The van der Waals surface area contributed by atoms with Crippen molar-refractivity contribution in [3.8, 4) is 0 Å². The number of aromatic nitrogens is 2. The first-order valence-electron chi connectivity index (χ1n) is 4.50. The van der Waals surface area contributed by atoms with Gasteiger partial charge in [-0.1, -0.05) is 5.10 Å². The lowest BCUT2D eigenvalue weighted by atomic mass is 10.5. The van der Waals surface area contributed by atoms with E-state index in [9.17, 15) is 0 Å². The quantitative estimate of drug-likeness (QED) is 0.697. The monoisotopic (exact) mass is 201 g/mol. The van der Waals surface area contributed by atoms with Gasteiger partial charge in [0.15, 0.2) is 0 Å². The molecule has 0 bridgehead atoms. The molecule has 1 aliphatic rings. The molecule has 5 heteroatoms. The summed E-state index contributed by atoms with van der Waals surface area (Å²) in [6.45, 7) is 3.00. The maximum atomic E-state index is 5.57. The van der Waals surface area contributed by atoms with Gasteiger partial charge in [-0.25, -0.2) is 0 Å². The maximum absolute atomic E-state index is 5.57. The smallest absolute Gasteiger partial charge is 0.318 e. The van der Waals surface area contributed by atoms with Crippen molar-refractivity contribution in [3.63, 3.8) is 0 Å². The zero-order chi connectivity index (χ0) is 9.26. The molecule has 0 unspecified atom stereocenters. The van der Waals surface area contributed by atoms with Crippen LogP contribution in [0.15, 0.2) is 4.42 Å². The van der Waals surface area contributed by atoms with Gasteiger partial charge in [0.05, 0.1) is 0 Å². The number of alkyl halides is 1. The fourth-order valence-corrected chi connectivity index (χ4v) is 1.46. The Labute approximate surface area is 81.9 Å². The summed E-state index contributed by atoms with van der Waals surface area (Å²) >= 11 is 5.57. The van der Waals surface area contributed by atoms with Crippen LogP contribution in [0.5, 0.6) is 0 Å². The Morgan fingerprint density at radius 2 is 2.31 bits per heavy atom. The summed E-state index contributed by atoms with van der Waals surface area (Å²) in [7, 11) is 0. The molecule has 72 valence electrons. The van der Waals surface area contributed by atoms with Crippen LogP contribution in [0, 0.1) is 0 Å². The van der Waals surface area contributed by atoms with E-state index in [1.807, 2.05) is 0 Å². The fraction of sp³-hybridized carbons (Fsp3) is 0.750. The van der Waals surface area contributed by atoms with Crippen LogP contribution < -0.4 is 4.90 Å². The average molecular weight is 202 g/mol. The third kappa shape index (κ3) is 1.77. The minimum absolute atomic E-state index is 0.287. The molecule has 1 aromatic rings. The van der Waals surface area contributed by atoms with Crippen LogP contribution in [-0.2, 0) is 5.88 Å². The Balaban J connectivity index is 2.12. The van der Waals surface area contributed by atoms with E-state index in [1.165, 1.54) is 12.8 Å². The average Bonchev–Trinajstić information content (AvgIpc) is 2.85. The van der Waals surface area contributed by atoms with Crippen LogP contribution in [0.4, 0.5) is 6.01 Å². The molecule has 1 aromatic heterocycles. The Bertz CT molecular complexity index is 285. The van der Waals surface area contributed by atoms with Gasteiger partial charge in [0, 0.05) is 12.6 Å². The predicted octanol–water partition coefficient (Wildman–Crippen LogP) is 1.80. The van der Waals surface area contributed by atoms with Gasteiger partial charge in [-0.2, -0.15) is 0 Å². The molecule has 0 radical (unpaired) electrons. The van der Waals surface area contributed by atoms with E-state index < -0.39 is 0 Å². The molecule has 0 aliphatic heterocycles. The largest absolute Gasteiger partial charge is 0.407 e. The van der Waals surface area contributed by atoms with Crippen molar-refractivity contribution in [3.05, 3.63) is 5.89 Å². The molecular formula is C8H12ClN3O.